The number of hydrogen-bond acceptors (Lipinski definition) is 3. The molecule has 0 atom stereocenters. The Bertz CT molecular complexity index is 472. The van der Waals surface area contributed by atoms with Gasteiger partial charge in [-0.1, -0.05) is 17.3 Å². The van der Waals surface area contributed by atoms with Crippen LogP contribution in [0.1, 0.15) is 24.8 Å². The van der Waals surface area contributed by atoms with Gasteiger partial charge in [0.1, 0.15) is 11.7 Å². The molecule has 4 nitrogen and oxygen atoms in total. The molecule has 1 aliphatic carbocycles. The molecule has 0 spiro atoms. The number of hydrogen-bond donors (Lipinski definition) is 2. The van der Waals surface area contributed by atoms with Gasteiger partial charge in [0.25, 0.3) is 0 Å². The second-order valence-electron chi connectivity index (χ2n) is 5.57. The molecule has 19 heavy (non-hydrogen) atoms. The van der Waals surface area contributed by atoms with Gasteiger partial charge in [0, 0.05) is 19.5 Å². The quantitative estimate of drug-likeness (QED) is 0.359. The van der Waals surface area contributed by atoms with Crippen molar-refractivity contribution in [1.82, 2.24) is 4.90 Å². The van der Waals surface area contributed by atoms with Gasteiger partial charge in [-0.15, -0.1) is 0 Å². The van der Waals surface area contributed by atoms with Crippen LogP contribution in [0.4, 0.5) is 4.39 Å². The first kappa shape index (κ1) is 13.8. The monoisotopic (exact) mass is 265 g/mol. The zero-order chi connectivity index (χ0) is 13.9. The zero-order valence-corrected chi connectivity index (χ0v) is 11.1. The first-order chi connectivity index (χ1) is 9.03. The van der Waals surface area contributed by atoms with Crippen LogP contribution in [0, 0.1) is 11.2 Å². The summed E-state index contributed by atoms with van der Waals surface area (Å²) in [6.07, 6.45) is 2.81. The van der Waals surface area contributed by atoms with E-state index in [4.69, 9.17) is 10.9 Å². The molecule has 104 valence electrons. The Labute approximate surface area is 112 Å². The largest absolute Gasteiger partial charge is 0.409 e. The molecule has 1 aromatic carbocycles. The molecular formula is C14H20FN3O. The summed E-state index contributed by atoms with van der Waals surface area (Å²) in [5.41, 5.74) is 6.68. The topological polar surface area (TPSA) is 61.8 Å². The molecule has 1 fully saturated rings. The van der Waals surface area contributed by atoms with Crippen LogP contribution in [0.15, 0.2) is 29.4 Å². The van der Waals surface area contributed by atoms with Crippen LogP contribution in [-0.4, -0.2) is 29.5 Å². The van der Waals surface area contributed by atoms with Crippen molar-refractivity contribution >= 4 is 5.84 Å². The Kier molecular flexibility index (Phi) is 4.04. The van der Waals surface area contributed by atoms with Crippen molar-refractivity contribution in [3.63, 3.8) is 0 Å². The van der Waals surface area contributed by atoms with E-state index in [9.17, 15) is 4.39 Å². The molecule has 1 aliphatic rings. The molecule has 1 aromatic rings. The minimum Gasteiger partial charge on any atom is -0.409 e. The highest BCUT2D eigenvalue weighted by atomic mass is 19.1. The Morgan fingerprint density at radius 3 is 2.84 bits per heavy atom. The van der Waals surface area contributed by atoms with Crippen molar-refractivity contribution in [2.45, 2.75) is 25.8 Å². The molecule has 2 rings (SSSR count). The number of nitrogens with zero attached hydrogens (tertiary/aromatic N) is 2. The van der Waals surface area contributed by atoms with Gasteiger partial charge in [-0.3, -0.25) is 0 Å². The first-order valence-corrected chi connectivity index (χ1v) is 6.42. The minimum atomic E-state index is -0.205. The van der Waals surface area contributed by atoms with Gasteiger partial charge in [-0.25, -0.2) is 4.39 Å². The summed E-state index contributed by atoms with van der Waals surface area (Å²) in [6, 6.07) is 6.65. The van der Waals surface area contributed by atoms with Gasteiger partial charge in [0.2, 0.25) is 0 Å². The molecule has 5 heteroatoms. The molecule has 0 heterocycles. The van der Waals surface area contributed by atoms with Gasteiger partial charge in [-0.05, 0) is 43.0 Å². The highest BCUT2D eigenvalue weighted by Gasteiger charge is 2.43. The standard InChI is InChI=1S/C14H20FN3O/c1-18(9-11-3-2-4-12(15)7-11)10-14(5-6-14)8-13(16)17-19/h2-4,7,19H,5-6,8-10H2,1H3,(H2,16,17). The van der Waals surface area contributed by atoms with Gasteiger partial charge in [0.15, 0.2) is 0 Å². The fourth-order valence-electron chi connectivity index (χ4n) is 2.56. The molecule has 0 bridgehead atoms. The Balaban J connectivity index is 1.89. The molecule has 0 unspecified atom stereocenters. The average molecular weight is 265 g/mol. The number of nitrogens with two attached hydrogens (primary N) is 1. The van der Waals surface area contributed by atoms with Crippen LogP contribution in [0.3, 0.4) is 0 Å². The van der Waals surface area contributed by atoms with Crippen LogP contribution in [0.2, 0.25) is 0 Å². The minimum absolute atomic E-state index is 0.137. The number of oxime groups is 1. The number of benzene rings is 1. The van der Waals surface area contributed by atoms with Crippen molar-refractivity contribution in [2.75, 3.05) is 13.6 Å². The number of halogens is 1. The number of rotatable bonds is 6. The zero-order valence-electron chi connectivity index (χ0n) is 11.1. The van der Waals surface area contributed by atoms with Gasteiger partial charge < -0.3 is 15.8 Å². The lowest BCUT2D eigenvalue weighted by Crippen LogP contribution is -2.29. The molecule has 0 aliphatic heterocycles. The van der Waals surface area contributed by atoms with Crippen molar-refractivity contribution in [1.29, 1.82) is 0 Å². The molecule has 0 amide bonds. The normalized spacial score (nSPS) is 17.7. The lowest BCUT2D eigenvalue weighted by Gasteiger charge is -2.23. The van der Waals surface area contributed by atoms with E-state index in [1.165, 1.54) is 6.07 Å². The molecule has 0 aromatic heterocycles. The summed E-state index contributed by atoms with van der Waals surface area (Å²) in [6.45, 7) is 1.58. The molecule has 0 radical (unpaired) electrons. The smallest absolute Gasteiger partial charge is 0.139 e. The van der Waals surface area contributed by atoms with Gasteiger partial charge >= 0.3 is 0 Å². The Morgan fingerprint density at radius 1 is 1.53 bits per heavy atom. The maximum absolute atomic E-state index is 13.1. The van der Waals surface area contributed by atoms with E-state index in [1.54, 1.807) is 12.1 Å². The third-order valence-corrected chi connectivity index (χ3v) is 3.59. The van der Waals surface area contributed by atoms with E-state index in [1.807, 2.05) is 13.1 Å². The number of amidine groups is 1. The van der Waals surface area contributed by atoms with E-state index in [-0.39, 0.29) is 17.1 Å². The lowest BCUT2D eigenvalue weighted by molar-refractivity contribution is 0.256. The third kappa shape index (κ3) is 3.92. The van der Waals surface area contributed by atoms with Crippen molar-refractivity contribution in [2.24, 2.45) is 16.3 Å². The predicted octanol–water partition coefficient (Wildman–Crippen LogP) is 2.17. The van der Waals surface area contributed by atoms with Gasteiger partial charge in [-0.2, -0.15) is 0 Å². The predicted molar refractivity (Wildman–Crippen MR) is 72.4 cm³/mol. The van der Waals surface area contributed by atoms with Crippen molar-refractivity contribution in [3.05, 3.63) is 35.6 Å². The Morgan fingerprint density at radius 2 is 2.26 bits per heavy atom. The van der Waals surface area contributed by atoms with E-state index in [0.717, 1.165) is 24.9 Å². The van der Waals surface area contributed by atoms with E-state index < -0.39 is 0 Å². The van der Waals surface area contributed by atoms with Crippen LogP contribution in [0.5, 0.6) is 0 Å². The summed E-state index contributed by atoms with van der Waals surface area (Å²) >= 11 is 0. The van der Waals surface area contributed by atoms with Crippen LogP contribution < -0.4 is 5.73 Å². The maximum Gasteiger partial charge on any atom is 0.139 e. The van der Waals surface area contributed by atoms with E-state index in [2.05, 4.69) is 10.1 Å². The fraction of sp³-hybridized carbons (Fsp3) is 0.500. The SMILES string of the molecule is CN(Cc1cccc(F)c1)CC1(CC(N)=NO)CC1. The van der Waals surface area contributed by atoms with Crippen molar-refractivity contribution < 1.29 is 9.60 Å². The first-order valence-electron chi connectivity index (χ1n) is 6.42. The Hall–Kier alpha value is -1.62. The van der Waals surface area contributed by atoms with Crippen LogP contribution in [-0.2, 0) is 6.54 Å². The summed E-state index contributed by atoms with van der Waals surface area (Å²) in [5.74, 6) is 0.0837. The highest BCUT2D eigenvalue weighted by molar-refractivity contribution is 5.80. The molecule has 0 saturated heterocycles. The summed E-state index contributed by atoms with van der Waals surface area (Å²) < 4.78 is 13.1. The second kappa shape index (κ2) is 5.57. The summed E-state index contributed by atoms with van der Waals surface area (Å²) in [7, 11) is 2.01. The third-order valence-electron chi connectivity index (χ3n) is 3.59. The van der Waals surface area contributed by atoms with Gasteiger partial charge in [0.05, 0.1) is 0 Å². The van der Waals surface area contributed by atoms with Crippen LogP contribution in [0.25, 0.3) is 0 Å². The fourth-order valence-corrected chi connectivity index (χ4v) is 2.56. The average Bonchev–Trinajstić information content (AvgIpc) is 3.08. The molecule has 1 saturated carbocycles. The lowest BCUT2D eigenvalue weighted by atomic mass is 10.0. The second-order valence-corrected chi connectivity index (χ2v) is 5.57. The highest BCUT2D eigenvalue weighted by Crippen LogP contribution is 2.49. The summed E-state index contributed by atoms with van der Waals surface area (Å²) in [5, 5.41) is 11.7. The molecular weight excluding hydrogens is 245 g/mol. The van der Waals surface area contributed by atoms with Crippen LogP contribution >= 0.6 is 0 Å². The maximum atomic E-state index is 13.1. The van der Waals surface area contributed by atoms with E-state index in [0.29, 0.717) is 13.0 Å². The summed E-state index contributed by atoms with van der Waals surface area (Å²) in [4.78, 5) is 2.16. The van der Waals surface area contributed by atoms with E-state index >= 15 is 0 Å². The molecule has 3 N–H and O–H groups in total. The van der Waals surface area contributed by atoms with Crippen molar-refractivity contribution in [3.8, 4) is 0 Å².